The lowest BCUT2D eigenvalue weighted by molar-refractivity contribution is 0.0129. The first-order chi connectivity index (χ1) is 13.5. The average molecular weight is 391 g/mol. The van der Waals surface area contributed by atoms with Crippen LogP contribution in [0.3, 0.4) is 0 Å². The molecule has 0 saturated carbocycles. The summed E-state index contributed by atoms with van der Waals surface area (Å²) in [6.45, 7) is 9.23. The van der Waals surface area contributed by atoms with Crippen molar-refractivity contribution in [3.05, 3.63) is 35.9 Å². The maximum Gasteiger partial charge on any atom is 0.314 e. The molecule has 6 heteroatoms. The summed E-state index contributed by atoms with van der Waals surface area (Å²) in [4.78, 5) is 17.0. The minimum absolute atomic E-state index is 0.0815. The Morgan fingerprint density at radius 2 is 1.75 bits per heavy atom. The molecule has 6 nitrogen and oxygen atoms in total. The molecule has 1 aliphatic rings. The van der Waals surface area contributed by atoms with E-state index in [1.54, 1.807) is 0 Å². The fraction of sp³-hybridized carbons (Fsp3) is 0.682. The van der Waals surface area contributed by atoms with Crippen molar-refractivity contribution in [2.24, 2.45) is 5.92 Å². The van der Waals surface area contributed by atoms with Gasteiger partial charge in [-0.2, -0.15) is 0 Å². The lowest BCUT2D eigenvalue weighted by atomic mass is 10.0. The topological polar surface area (TPSA) is 56.8 Å². The first kappa shape index (κ1) is 22.7. The number of amides is 2. The van der Waals surface area contributed by atoms with E-state index in [4.69, 9.17) is 4.74 Å². The average Bonchev–Trinajstić information content (AvgIpc) is 2.69. The summed E-state index contributed by atoms with van der Waals surface area (Å²) in [5.74, 6) is 0.599. The molecular formula is C22H38N4O2. The van der Waals surface area contributed by atoms with Crippen molar-refractivity contribution in [2.75, 3.05) is 53.5 Å². The number of nitrogens with one attached hydrogen (secondary N) is 2. The number of likely N-dealkylation sites (N-methyl/N-ethyl adjacent to an activating group) is 1. The summed E-state index contributed by atoms with van der Waals surface area (Å²) in [5.41, 5.74) is 1.28. The smallest absolute Gasteiger partial charge is 0.314 e. The molecule has 0 spiro atoms. The van der Waals surface area contributed by atoms with Crippen LogP contribution in [0.5, 0.6) is 0 Å². The molecule has 2 amide bonds. The van der Waals surface area contributed by atoms with Crippen molar-refractivity contribution >= 4 is 6.03 Å². The maximum atomic E-state index is 12.4. The molecular weight excluding hydrogens is 352 g/mol. The van der Waals surface area contributed by atoms with Gasteiger partial charge in [0.1, 0.15) is 0 Å². The molecule has 0 aliphatic carbocycles. The van der Waals surface area contributed by atoms with E-state index < -0.39 is 0 Å². The third kappa shape index (κ3) is 8.17. The van der Waals surface area contributed by atoms with Gasteiger partial charge in [-0.15, -0.1) is 0 Å². The molecule has 0 bridgehead atoms. The molecule has 1 fully saturated rings. The predicted molar refractivity (Wildman–Crippen MR) is 115 cm³/mol. The monoisotopic (exact) mass is 390 g/mol. The Kier molecular flexibility index (Phi) is 9.75. The standard InChI is InChI=1S/C22H38N4O2/c1-18(2)14-21(26-10-12-28-13-11-26)17-24-22(27)23-16-20(25(3)4)15-19-8-6-5-7-9-19/h5-9,18,20-21H,10-17H2,1-4H3,(H2,23,24,27). The van der Waals surface area contributed by atoms with E-state index in [2.05, 4.69) is 72.6 Å². The predicted octanol–water partition coefficient (Wildman–Crippen LogP) is 2.21. The summed E-state index contributed by atoms with van der Waals surface area (Å²) in [6, 6.07) is 11.0. The van der Waals surface area contributed by atoms with Gasteiger partial charge in [0.25, 0.3) is 0 Å². The molecule has 2 rings (SSSR count). The Morgan fingerprint density at radius 3 is 2.36 bits per heavy atom. The molecule has 1 saturated heterocycles. The first-order valence-corrected chi connectivity index (χ1v) is 10.5. The summed E-state index contributed by atoms with van der Waals surface area (Å²) < 4.78 is 5.47. The van der Waals surface area contributed by atoms with Gasteiger partial charge in [-0.3, -0.25) is 4.90 Å². The van der Waals surface area contributed by atoms with Crippen LogP contribution in [0, 0.1) is 5.92 Å². The van der Waals surface area contributed by atoms with E-state index in [1.807, 2.05) is 6.07 Å². The summed E-state index contributed by atoms with van der Waals surface area (Å²) in [7, 11) is 4.12. The number of benzene rings is 1. The van der Waals surface area contributed by atoms with Crippen LogP contribution in [0.15, 0.2) is 30.3 Å². The van der Waals surface area contributed by atoms with Crippen LogP contribution >= 0.6 is 0 Å². The van der Waals surface area contributed by atoms with Crippen LogP contribution in [-0.2, 0) is 11.2 Å². The van der Waals surface area contributed by atoms with Crippen molar-refractivity contribution in [1.29, 1.82) is 0 Å². The van der Waals surface area contributed by atoms with Crippen LogP contribution in [-0.4, -0.2) is 81.4 Å². The van der Waals surface area contributed by atoms with E-state index in [9.17, 15) is 4.79 Å². The Hall–Kier alpha value is -1.63. The number of carbonyl (C=O) groups is 1. The Labute approximate surface area is 170 Å². The molecule has 1 aliphatic heterocycles. The number of carbonyl (C=O) groups excluding carboxylic acids is 1. The lowest BCUT2D eigenvalue weighted by Gasteiger charge is -2.35. The highest BCUT2D eigenvalue weighted by Gasteiger charge is 2.22. The minimum Gasteiger partial charge on any atom is -0.379 e. The second kappa shape index (κ2) is 12.0. The van der Waals surface area contributed by atoms with Crippen LogP contribution in [0.2, 0.25) is 0 Å². The van der Waals surface area contributed by atoms with E-state index in [1.165, 1.54) is 5.56 Å². The number of morpholine rings is 1. The lowest BCUT2D eigenvalue weighted by Crippen LogP contribution is -2.51. The van der Waals surface area contributed by atoms with Crippen molar-refractivity contribution in [1.82, 2.24) is 20.4 Å². The molecule has 2 unspecified atom stereocenters. The first-order valence-electron chi connectivity index (χ1n) is 10.5. The van der Waals surface area contributed by atoms with Gasteiger partial charge in [0.05, 0.1) is 13.2 Å². The molecule has 2 atom stereocenters. The minimum atomic E-state index is -0.0815. The van der Waals surface area contributed by atoms with Gasteiger partial charge in [0.15, 0.2) is 0 Å². The van der Waals surface area contributed by atoms with Crippen molar-refractivity contribution < 1.29 is 9.53 Å². The second-order valence-corrected chi connectivity index (χ2v) is 8.33. The van der Waals surface area contributed by atoms with Crippen LogP contribution in [0.25, 0.3) is 0 Å². The number of ether oxygens (including phenoxy) is 1. The highest BCUT2D eigenvalue weighted by atomic mass is 16.5. The fourth-order valence-corrected chi connectivity index (χ4v) is 3.66. The van der Waals surface area contributed by atoms with Crippen molar-refractivity contribution in [3.8, 4) is 0 Å². The van der Waals surface area contributed by atoms with Gasteiger partial charge in [-0.25, -0.2) is 4.79 Å². The van der Waals surface area contributed by atoms with Gasteiger partial charge >= 0.3 is 6.03 Å². The van der Waals surface area contributed by atoms with Crippen LogP contribution < -0.4 is 10.6 Å². The fourth-order valence-electron chi connectivity index (χ4n) is 3.66. The van der Waals surface area contributed by atoms with Crippen molar-refractivity contribution in [3.63, 3.8) is 0 Å². The van der Waals surface area contributed by atoms with E-state index in [0.717, 1.165) is 39.1 Å². The second-order valence-electron chi connectivity index (χ2n) is 8.33. The number of rotatable bonds is 10. The zero-order chi connectivity index (χ0) is 20.4. The van der Waals surface area contributed by atoms with Gasteiger partial charge in [0, 0.05) is 38.3 Å². The summed E-state index contributed by atoms with van der Waals surface area (Å²) >= 11 is 0. The highest BCUT2D eigenvalue weighted by Crippen LogP contribution is 2.13. The van der Waals surface area contributed by atoms with Crippen LogP contribution in [0.1, 0.15) is 25.8 Å². The normalized spacial score (nSPS) is 17.5. The third-order valence-corrected chi connectivity index (χ3v) is 5.35. The molecule has 2 N–H and O–H groups in total. The number of nitrogens with zero attached hydrogens (tertiary/aromatic N) is 2. The Balaban J connectivity index is 1.79. The number of hydrogen-bond donors (Lipinski definition) is 2. The van der Waals surface area contributed by atoms with Gasteiger partial charge in [-0.05, 0) is 38.4 Å². The Morgan fingerprint density at radius 1 is 1.11 bits per heavy atom. The molecule has 1 heterocycles. The zero-order valence-corrected chi connectivity index (χ0v) is 18.0. The molecule has 1 aromatic carbocycles. The Bertz CT molecular complexity index is 559. The third-order valence-electron chi connectivity index (χ3n) is 5.35. The zero-order valence-electron chi connectivity index (χ0n) is 18.0. The van der Waals surface area contributed by atoms with Gasteiger partial charge in [0.2, 0.25) is 0 Å². The van der Waals surface area contributed by atoms with Crippen LogP contribution in [0.4, 0.5) is 4.79 Å². The maximum absolute atomic E-state index is 12.4. The number of urea groups is 1. The quantitative estimate of drug-likeness (QED) is 0.643. The van der Waals surface area contributed by atoms with Crippen molar-refractivity contribution in [2.45, 2.75) is 38.8 Å². The van der Waals surface area contributed by atoms with E-state index >= 15 is 0 Å². The molecule has 28 heavy (non-hydrogen) atoms. The molecule has 1 aromatic rings. The van der Waals surface area contributed by atoms with Gasteiger partial charge in [-0.1, -0.05) is 44.2 Å². The largest absolute Gasteiger partial charge is 0.379 e. The van der Waals surface area contributed by atoms with E-state index in [-0.39, 0.29) is 12.1 Å². The molecule has 0 aromatic heterocycles. The van der Waals surface area contributed by atoms with E-state index in [0.29, 0.717) is 25.0 Å². The summed E-state index contributed by atoms with van der Waals surface area (Å²) in [6.07, 6.45) is 1.99. The van der Waals surface area contributed by atoms with Gasteiger partial charge < -0.3 is 20.3 Å². The highest BCUT2D eigenvalue weighted by molar-refractivity contribution is 5.73. The number of hydrogen-bond acceptors (Lipinski definition) is 4. The molecule has 158 valence electrons. The SMILES string of the molecule is CC(C)CC(CNC(=O)NCC(Cc1ccccc1)N(C)C)N1CCOCC1. The molecule has 0 radical (unpaired) electrons. The summed E-state index contributed by atoms with van der Waals surface area (Å²) in [5, 5.41) is 6.15.